The Morgan fingerprint density at radius 1 is 1.22 bits per heavy atom. The molecule has 0 saturated heterocycles. The van der Waals surface area contributed by atoms with E-state index in [4.69, 9.17) is 9.47 Å². The van der Waals surface area contributed by atoms with Crippen molar-refractivity contribution in [3.63, 3.8) is 0 Å². The van der Waals surface area contributed by atoms with E-state index >= 15 is 0 Å². The van der Waals surface area contributed by atoms with Crippen molar-refractivity contribution in [2.45, 2.75) is 6.92 Å². The number of methoxy groups -OCH3 is 1. The molecule has 3 heterocycles. The smallest absolute Gasteiger partial charge is 0.343 e. The molecule has 0 unspecified atom stereocenters. The van der Waals surface area contributed by atoms with Crippen LogP contribution in [0.15, 0.2) is 35.3 Å². The molecule has 0 saturated carbocycles. The van der Waals surface area contributed by atoms with E-state index in [2.05, 4.69) is 25.3 Å². The molecule has 1 aromatic carbocycles. The molecule has 0 spiro atoms. The van der Waals surface area contributed by atoms with Gasteiger partial charge < -0.3 is 14.5 Å². The van der Waals surface area contributed by atoms with Gasteiger partial charge in [0.2, 0.25) is 5.88 Å². The molecule has 3 aromatic heterocycles. The number of fused-ring (bicyclic) bond motifs is 2. The molecule has 10 nitrogen and oxygen atoms in total. The van der Waals surface area contributed by atoms with E-state index in [1.54, 1.807) is 25.1 Å². The first-order valence-electron chi connectivity index (χ1n) is 8.09. The summed E-state index contributed by atoms with van der Waals surface area (Å²) in [6.45, 7) is 1.92. The van der Waals surface area contributed by atoms with Gasteiger partial charge in [0.05, 0.1) is 30.9 Å². The second kappa shape index (κ2) is 6.48. The summed E-state index contributed by atoms with van der Waals surface area (Å²) in [5.41, 5.74) is 1.19. The van der Waals surface area contributed by atoms with Crippen LogP contribution in [0.5, 0.6) is 5.88 Å². The van der Waals surface area contributed by atoms with Crippen LogP contribution in [-0.4, -0.2) is 49.5 Å². The van der Waals surface area contributed by atoms with Crippen LogP contribution in [0.1, 0.15) is 17.3 Å². The number of hydrogen-bond acceptors (Lipinski definition) is 8. The van der Waals surface area contributed by atoms with Gasteiger partial charge in [-0.1, -0.05) is 12.1 Å². The molecule has 0 fully saturated rings. The van der Waals surface area contributed by atoms with Crippen LogP contribution < -0.4 is 10.3 Å². The van der Waals surface area contributed by atoms with Crippen molar-refractivity contribution in [2.75, 3.05) is 13.7 Å². The van der Waals surface area contributed by atoms with Crippen LogP contribution in [0.4, 0.5) is 0 Å². The highest BCUT2D eigenvalue weighted by Gasteiger charge is 2.23. The van der Waals surface area contributed by atoms with E-state index in [9.17, 15) is 9.59 Å². The van der Waals surface area contributed by atoms with Crippen molar-refractivity contribution in [3.8, 4) is 17.3 Å². The van der Waals surface area contributed by atoms with Crippen LogP contribution in [0.2, 0.25) is 0 Å². The minimum absolute atomic E-state index is 0.0353. The average molecular weight is 366 g/mol. The Labute approximate surface area is 151 Å². The van der Waals surface area contributed by atoms with Crippen LogP contribution in [-0.2, 0) is 4.74 Å². The maximum atomic E-state index is 12.5. The summed E-state index contributed by atoms with van der Waals surface area (Å²) < 4.78 is 11.7. The van der Waals surface area contributed by atoms with Gasteiger partial charge in [0.25, 0.3) is 5.56 Å². The third-order valence-electron chi connectivity index (χ3n) is 3.90. The molecular weight excluding hydrogens is 352 g/mol. The van der Waals surface area contributed by atoms with Crippen molar-refractivity contribution in [3.05, 3.63) is 46.4 Å². The van der Waals surface area contributed by atoms with Gasteiger partial charge in [-0.15, -0.1) is 10.2 Å². The predicted molar refractivity (Wildman–Crippen MR) is 94.6 cm³/mol. The van der Waals surface area contributed by atoms with Crippen molar-refractivity contribution in [1.29, 1.82) is 0 Å². The van der Waals surface area contributed by atoms with Crippen LogP contribution >= 0.6 is 0 Å². The van der Waals surface area contributed by atoms with Crippen molar-refractivity contribution in [1.82, 2.24) is 29.8 Å². The van der Waals surface area contributed by atoms with E-state index in [0.29, 0.717) is 11.0 Å². The fraction of sp³-hybridized carbons (Fsp3) is 0.176. The van der Waals surface area contributed by atoms with Crippen molar-refractivity contribution >= 4 is 22.6 Å². The lowest BCUT2D eigenvalue weighted by atomic mass is 10.2. The molecule has 4 aromatic rings. The number of carbonyl (C=O) groups excluding carboxylic acids is 1. The highest BCUT2D eigenvalue weighted by Crippen LogP contribution is 2.26. The van der Waals surface area contributed by atoms with Crippen molar-refractivity contribution < 1.29 is 14.3 Å². The van der Waals surface area contributed by atoms with E-state index in [0.717, 1.165) is 0 Å². The Bertz CT molecular complexity index is 1230. The highest BCUT2D eigenvalue weighted by atomic mass is 16.5. The third-order valence-corrected chi connectivity index (χ3v) is 3.90. The standard InChI is InChI=1S/C17H14N6O4/c1-3-27-17(25)9-8-18-23-14(9)22-21-13(16(23)26-2)12-15(24)20-11-7-5-4-6-10(11)19-12/h4-8H,3H2,1-2H3,(H,20,24). The lowest BCUT2D eigenvalue weighted by molar-refractivity contribution is 0.0528. The Hall–Kier alpha value is -3.82. The van der Waals surface area contributed by atoms with Crippen molar-refractivity contribution in [2.24, 2.45) is 0 Å². The van der Waals surface area contributed by atoms with Gasteiger partial charge in [0.15, 0.2) is 17.0 Å². The second-order valence-corrected chi connectivity index (χ2v) is 5.50. The first-order valence-corrected chi connectivity index (χ1v) is 8.09. The number of nitrogens with zero attached hydrogens (tertiary/aromatic N) is 5. The first kappa shape index (κ1) is 16.6. The number of esters is 1. The van der Waals surface area contributed by atoms with E-state index in [-0.39, 0.29) is 35.1 Å². The van der Waals surface area contributed by atoms with Gasteiger partial charge in [-0.05, 0) is 19.1 Å². The normalized spacial score (nSPS) is 11.0. The summed E-state index contributed by atoms with van der Waals surface area (Å²) in [5, 5.41) is 12.2. The number of aromatic nitrogens is 6. The number of ether oxygens (including phenoxy) is 2. The molecule has 0 aliphatic rings. The predicted octanol–water partition coefficient (Wildman–Crippen LogP) is 1.21. The lowest BCUT2D eigenvalue weighted by Crippen LogP contribution is -2.15. The average Bonchev–Trinajstić information content (AvgIpc) is 3.11. The largest absolute Gasteiger partial charge is 0.479 e. The molecule has 0 aliphatic carbocycles. The van der Waals surface area contributed by atoms with Crippen LogP contribution in [0.3, 0.4) is 0 Å². The Morgan fingerprint density at radius 2 is 2.04 bits per heavy atom. The minimum atomic E-state index is -0.571. The summed E-state index contributed by atoms with van der Waals surface area (Å²) in [6.07, 6.45) is 1.31. The number of hydrogen-bond donors (Lipinski definition) is 1. The highest BCUT2D eigenvalue weighted by molar-refractivity contribution is 5.95. The molecule has 0 amide bonds. The zero-order chi connectivity index (χ0) is 19.0. The molecule has 0 atom stereocenters. The number of para-hydroxylation sites is 2. The number of rotatable bonds is 4. The SMILES string of the molecule is CCOC(=O)c1cnn2c(OC)c(-c3nc4ccccc4[nH]c3=O)nnc12. The Kier molecular flexibility index (Phi) is 3.99. The lowest BCUT2D eigenvalue weighted by Gasteiger charge is -2.08. The molecule has 27 heavy (non-hydrogen) atoms. The number of nitrogens with one attached hydrogen (secondary N) is 1. The fourth-order valence-electron chi connectivity index (χ4n) is 2.70. The topological polar surface area (TPSA) is 124 Å². The third kappa shape index (κ3) is 2.67. The van der Waals surface area contributed by atoms with Gasteiger partial charge in [0.1, 0.15) is 5.56 Å². The van der Waals surface area contributed by atoms with E-state index in [1.165, 1.54) is 17.8 Å². The summed E-state index contributed by atoms with van der Waals surface area (Å²) in [6, 6.07) is 7.12. The van der Waals surface area contributed by atoms with E-state index in [1.807, 2.05) is 6.07 Å². The maximum absolute atomic E-state index is 12.5. The fourth-order valence-corrected chi connectivity index (χ4v) is 2.70. The summed E-state index contributed by atoms with van der Waals surface area (Å²) >= 11 is 0. The summed E-state index contributed by atoms with van der Waals surface area (Å²) in [7, 11) is 1.40. The summed E-state index contributed by atoms with van der Waals surface area (Å²) in [5.74, 6) is -0.442. The molecule has 0 bridgehead atoms. The molecule has 136 valence electrons. The molecule has 1 N–H and O–H groups in total. The van der Waals surface area contributed by atoms with Crippen LogP contribution in [0.25, 0.3) is 28.1 Å². The van der Waals surface area contributed by atoms with Gasteiger partial charge in [-0.2, -0.15) is 9.61 Å². The van der Waals surface area contributed by atoms with Gasteiger partial charge in [-0.3, -0.25) is 4.79 Å². The maximum Gasteiger partial charge on any atom is 0.343 e. The van der Waals surface area contributed by atoms with Gasteiger partial charge >= 0.3 is 5.97 Å². The van der Waals surface area contributed by atoms with Crippen LogP contribution in [0, 0.1) is 0 Å². The van der Waals surface area contributed by atoms with Gasteiger partial charge in [-0.25, -0.2) is 9.78 Å². The molecule has 10 heteroatoms. The minimum Gasteiger partial charge on any atom is -0.479 e. The number of benzene rings is 1. The first-order chi connectivity index (χ1) is 13.1. The molecule has 4 rings (SSSR count). The summed E-state index contributed by atoms with van der Waals surface area (Å²) in [4.78, 5) is 31.6. The molecular formula is C17H14N6O4. The monoisotopic (exact) mass is 366 g/mol. The Balaban J connectivity index is 1.94. The number of H-pyrrole nitrogens is 1. The number of aromatic amines is 1. The number of carbonyl (C=O) groups is 1. The molecule has 0 radical (unpaired) electrons. The van der Waals surface area contributed by atoms with Gasteiger partial charge in [0, 0.05) is 0 Å². The zero-order valence-corrected chi connectivity index (χ0v) is 14.5. The Morgan fingerprint density at radius 3 is 2.81 bits per heavy atom. The quantitative estimate of drug-likeness (QED) is 0.535. The zero-order valence-electron chi connectivity index (χ0n) is 14.5. The second-order valence-electron chi connectivity index (χ2n) is 5.50. The van der Waals surface area contributed by atoms with E-state index < -0.39 is 11.5 Å². The molecule has 0 aliphatic heterocycles.